The van der Waals surface area contributed by atoms with E-state index in [1.807, 2.05) is 13.8 Å². The number of rotatable bonds is 7. The third-order valence-corrected chi connectivity index (χ3v) is 2.36. The van der Waals surface area contributed by atoms with Gasteiger partial charge in [0.2, 0.25) is 0 Å². The summed E-state index contributed by atoms with van der Waals surface area (Å²) >= 11 is 0. The van der Waals surface area contributed by atoms with E-state index in [2.05, 4.69) is 10.6 Å². The minimum absolute atomic E-state index is 0.132. The zero-order valence-electron chi connectivity index (χ0n) is 11.7. The topological polar surface area (TPSA) is 102 Å². The number of nitrogens with zero attached hydrogens (tertiary/aromatic N) is 1. The predicted octanol–water partition coefficient (Wildman–Crippen LogP) is 0.865. The average molecular weight is 267 g/mol. The van der Waals surface area contributed by atoms with Crippen molar-refractivity contribution in [1.82, 2.24) is 10.6 Å². The van der Waals surface area contributed by atoms with Gasteiger partial charge in [0.25, 0.3) is 5.91 Å². The Balaban J connectivity index is 4.68. The minimum atomic E-state index is -1.12. The van der Waals surface area contributed by atoms with Gasteiger partial charge < -0.3 is 15.7 Å². The molecule has 6 nitrogen and oxygen atoms in total. The summed E-state index contributed by atoms with van der Waals surface area (Å²) in [5, 5.41) is 23.0. The van der Waals surface area contributed by atoms with Crippen LogP contribution < -0.4 is 10.6 Å². The molecule has 0 bridgehead atoms. The lowest BCUT2D eigenvalue weighted by Gasteiger charge is -2.17. The third kappa shape index (κ3) is 6.46. The molecule has 1 atom stereocenters. The molecule has 0 spiro atoms. The SMILES string of the molecule is CC(C)CN/C=C(/C#N)C(=O)NC(C(=O)O)C(C)C. The number of carboxylic acid groups (broad SMARTS) is 1. The monoisotopic (exact) mass is 267 g/mol. The molecule has 0 heterocycles. The average Bonchev–Trinajstić information content (AvgIpc) is 2.30. The van der Waals surface area contributed by atoms with Crippen molar-refractivity contribution in [2.45, 2.75) is 33.7 Å². The Hall–Kier alpha value is -2.03. The number of nitriles is 1. The van der Waals surface area contributed by atoms with Crippen LogP contribution in [-0.4, -0.2) is 29.6 Å². The Bertz CT molecular complexity index is 394. The lowest BCUT2D eigenvalue weighted by atomic mass is 10.0. The van der Waals surface area contributed by atoms with Crippen molar-refractivity contribution in [1.29, 1.82) is 5.26 Å². The Morgan fingerprint density at radius 3 is 2.26 bits per heavy atom. The maximum atomic E-state index is 11.8. The van der Waals surface area contributed by atoms with Gasteiger partial charge >= 0.3 is 5.97 Å². The number of hydrogen-bond acceptors (Lipinski definition) is 4. The van der Waals surface area contributed by atoms with Gasteiger partial charge in [-0.1, -0.05) is 27.7 Å². The Kier molecular flexibility index (Phi) is 7.27. The molecule has 0 saturated carbocycles. The first-order chi connectivity index (χ1) is 8.79. The summed E-state index contributed by atoms with van der Waals surface area (Å²) in [5.41, 5.74) is -0.132. The van der Waals surface area contributed by atoms with Gasteiger partial charge in [-0.05, 0) is 11.8 Å². The fourth-order valence-electron chi connectivity index (χ4n) is 1.28. The fraction of sp³-hybridized carbons (Fsp3) is 0.615. The van der Waals surface area contributed by atoms with Crippen molar-refractivity contribution in [3.05, 3.63) is 11.8 Å². The summed E-state index contributed by atoms with van der Waals surface area (Å²) in [5.74, 6) is -1.68. The van der Waals surface area contributed by atoms with E-state index in [1.165, 1.54) is 6.20 Å². The van der Waals surface area contributed by atoms with Gasteiger partial charge in [0.05, 0.1) is 0 Å². The van der Waals surface area contributed by atoms with Crippen LogP contribution in [0.2, 0.25) is 0 Å². The number of amides is 1. The summed E-state index contributed by atoms with van der Waals surface area (Å²) in [6, 6.07) is 0.747. The molecule has 106 valence electrons. The summed E-state index contributed by atoms with van der Waals surface area (Å²) < 4.78 is 0. The van der Waals surface area contributed by atoms with Gasteiger partial charge in [-0.3, -0.25) is 4.79 Å². The summed E-state index contributed by atoms with van der Waals surface area (Å²) in [6.07, 6.45) is 1.31. The summed E-state index contributed by atoms with van der Waals surface area (Å²) in [6.45, 7) is 7.99. The largest absolute Gasteiger partial charge is 0.480 e. The van der Waals surface area contributed by atoms with Crippen LogP contribution in [0, 0.1) is 23.2 Å². The highest BCUT2D eigenvalue weighted by atomic mass is 16.4. The highest BCUT2D eigenvalue weighted by molar-refractivity contribution is 5.99. The third-order valence-electron chi connectivity index (χ3n) is 2.36. The second-order valence-corrected chi connectivity index (χ2v) is 5.01. The maximum absolute atomic E-state index is 11.8. The molecule has 1 unspecified atom stereocenters. The van der Waals surface area contributed by atoms with Crippen LogP contribution in [0.25, 0.3) is 0 Å². The van der Waals surface area contributed by atoms with E-state index in [9.17, 15) is 9.59 Å². The zero-order valence-corrected chi connectivity index (χ0v) is 11.7. The van der Waals surface area contributed by atoms with Crippen molar-refractivity contribution in [2.75, 3.05) is 6.54 Å². The molecule has 0 aromatic heterocycles. The molecule has 0 aromatic carbocycles. The molecule has 0 aliphatic carbocycles. The standard InChI is InChI=1S/C13H21N3O3/c1-8(2)6-15-7-10(5-14)12(17)16-11(9(3)4)13(18)19/h7-9,11,15H,6H2,1-4H3,(H,16,17)(H,18,19)/b10-7-. The first kappa shape index (κ1) is 17.0. The summed E-state index contributed by atoms with van der Waals surface area (Å²) in [7, 11) is 0. The number of aliphatic carboxylic acids is 1. The van der Waals surface area contributed by atoms with Gasteiger partial charge in [-0.15, -0.1) is 0 Å². The van der Waals surface area contributed by atoms with E-state index in [1.54, 1.807) is 19.9 Å². The molecule has 6 heteroatoms. The molecule has 0 aliphatic rings. The van der Waals surface area contributed by atoms with Crippen LogP contribution in [0.3, 0.4) is 0 Å². The van der Waals surface area contributed by atoms with E-state index >= 15 is 0 Å². The quantitative estimate of drug-likeness (QED) is 0.469. The van der Waals surface area contributed by atoms with Crippen LogP contribution in [0.5, 0.6) is 0 Å². The molecule has 19 heavy (non-hydrogen) atoms. The Morgan fingerprint density at radius 1 is 1.32 bits per heavy atom. The fourth-order valence-corrected chi connectivity index (χ4v) is 1.28. The molecular weight excluding hydrogens is 246 g/mol. The lowest BCUT2D eigenvalue weighted by molar-refractivity contribution is -0.142. The molecule has 0 rings (SSSR count). The Labute approximate surface area is 113 Å². The predicted molar refractivity (Wildman–Crippen MR) is 70.9 cm³/mol. The van der Waals surface area contributed by atoms with Crippen molar-refractivity contribution in [3.63, 3.8) is 0 Å². The molecule has 0 saturated heterocycles. The maximum Gasteiger partial charge on any atom is 0.326 e. The van der Waals surface area contributed by atoms with Gasteiger partial charge in [0.1, 0.15) is 17.7 Å². The van der Waals surface area contributed by atoms with E-state index in [0.717, 1.165) is 0 Å². The zero-order chi connectivity index (χ0) is 15.0. The highest BCUT2D eigenvalue weighted by Crippen LogP contribution is 2.03. The summed E-state index contributed by atoms with van der Waals surface area (Å²) in [4.78, 5) is 22.7. The van der Waals surface area contributed by atoms with Crippen LogP contribution in [-0.2, 0) is 9.59 Å². The van der Waals surface area contributed by atoms with E-state index in [4.69, 9.17) is 10.4 Å². The second kappa shape index (κ2) is 8.14. The molecule has 0 fully saturated rings. The lowest BCUT2D eigenvalue weighted by Crippen LogP contribution is -2.44. The van der Waals surface area contributed by atoms with E-state index < -0.39 is 17.9 Å². The first-order valence-corrected chi connectivity index (χ1v) is 6.16. The number of carbonyl (C=O) groups is 2. The molecule has 0 radical (unpaired) electrons. The number of carbonyl (C=O) groups excluding carboxylic acids is 1. The van der Waals surface area contributed by atoms with Crippen LogP contribution in [0.4, 0.5) is 0 Å². The first-order valence-electron chi connectivity index (χ1n) is 6.16. The smallest absolute Gasteiger partial charge is 0.326 e. The Morgan fingerprint density at radius 2 is 1.89 bits per heavy atom. The van der Waals surface area contributed by atoms with Gasteiger partial charge in [0.15, 0.2) is 0 Å². The van der Waals surface area contributed by atoms with Gasteiger partial charge in [0, 0.05) is 12.7 Å². The molecule has 0 aliphatic heterocycles. The van der Waals surface area contributed by atoms with E-state index in [-0.39, 0.29) is 11.5 Å². The molecular formula is C13H21N3O3. The molecule has 3 N–H and O–H groups in total. The second-order valence-electron chi connectivity index (χ2n) is 5.01. The van der Waals surface area contributed by atoms with Gasteiger partial charge in [-0.25, -0.2) is 4.79 Å². The van der Waals surface area contributed by atoms with E-state index in [0.29, 0.717) is 12.5 Å². The van der Waals surface area contributed by atoms with Crippen molar-refractivity contribution in [3.8, 4) is 6.07 Å². The number of carboxylic acids is 1. The van der Waals surface area contributed by atoms with Crippen molar-refractivity contribution >= 4 is 11.9 Å². The molecule has 1 amide bonds. The van der Waals surface area contributed by atoms with Crippen molar-refractivity contribution < 1.29 is 14.7 Å². The van der Waals surface area contributed by atoms with Crippen molar-refractivity contribution in [2.24, 2.45) is 11.8 Å². The number of hydrogen-bond donors (Lipinski definition) is 3. The normalized spacial score (nSPS) is 13.0. The molecule has 0 aromatic rings. The van der Waals surface area contributed by atoms with Crippen LogP contribution in [0.1, 0.15) is 27.7 Å². The highest BCUT2D eigenvalue weighted by Gasteiger charge is 2.24. The minimum Gasteiger partial charge on any atom is -0.480 e. The van der Waals surface area contributed by atoms with Crippen LogP contribution in [0.15, 0.2) is 11.8 Å². The number of nitrogens with one attached hydrogen (secondary N) is 2. The van der Waals surface area contributed by atoms with Gasteiger partial charge in [-0.2, -0.15) is 5.26 Å². The van der Waals surface area contributed by atoms with Crippen LogP contribution >= 0.6 is 0 Å².